The van der Waals surface area contributed by atoms with Crippen molar-refractivity contribution in [3.8, 4) is 0 Å². The summed E-state index contributed by atoms with van der Waals surface area (Å²) in [7, 11) is 0. The van der Waals surface area contributed by atoms with Crippen molar-refractivity contribution < 1.29 is 0 Å². The van der Waals surface area contributed by atoms with Crippen LogP contribution < -0.4 is 0 Å². The van der Waals surface area contributed by atoms with E-state index in [1.54, 1.807) is 0 Å². The van der Waals surface area contributed by atoms with E-state index in [-0.39, 0.29) is 5.38 Å². The second-order valence-corrected chi connectivity index (χ2v) is 3.63. The molecular formula is C10H13Cl. The van der Waals surface area contributed by atoms with Gasteiger partial charge in [-0.1, -0.05) is 23.8 Å². The van der Waals surface area contributed by atoms with Crippen molar-refractivity contribution in [3.05, 3.63) is 34.9 Å². The zero-order chi connectivity index (χ0) is 8.43. The molecule has 1 heteroatoms. The van der Waals surface area contributed by atoms with Crippen LogP contribution in [-0.4, -0.2) is 0 Å². The molecule has 0 spiro atoms. The summed E-state index contributed by atoms with van der Waals surface area (Å²) in [5.41, 5.74) is 3.81. The first-order chi connectivity index (χ1) is 5.11. The van der Waals surface area contributed by atoms with E-state index >= 15 is 0 Å². The maximum absolute atomic E-state index is 5.96. The zero-order valence-electron chi connectivity index (χ0n) is 7.19. The van der Waals surface area contributed by atoms with Crippen molar-refractivity contribution in [2.75, 3.05) is 0 Å². The maximum atomic E-state index is 5.96. The largest absolute Gasteiger partial charge is 0.118 e. The minimum Gasteiger partial charge on any atom is -0.118 e. The van der Waals surface area contributed by atoms with Gasteiger partial charge in [-0.2, -0.15) is 0 Å². The second kappa shape index (κ2) is 3.27. The van der Waals surface area contributed by atoms with Gasteiger partial charge < -0.3 is 0 Å². The molecule has 0 aliphatic carbocycles. The predicted octanol–water partition coefficient (Wildman–Crippen LogP) is 3.60. The first-order valence-electron chi connectivity index (χ1n) is 3.82. The van der Waals surface area contributed by atoms with Crippen LogP contribution in [0.2, 0.25) is 0 Å². The number of hydrogen-bond acceptors (Lipinski definition) is 0. The van der Waals surface area contributed by atoms with Crippen molar-refractivity contribution in [2.24, 2.45) is 0 Å². The fraction of sp³-hybridized carbons (Fsp3) is 0.400. The Morgan fingerprint density at radius 1 is 1.27 bits per heavy atom. The molecule has 1 atom stereocenters. The molecule has 0 saturated carbocycles. The van der Waals surface area contributed by atoms with Gasteiger partial charge in [0.05, 0.1) is 5.38 Å². The van der Waals surface area contributed by atoms with E-state index in [4.69, 9.17) is 11.6 Å². The lowest BCUT2D eigenvalue weighted by Crippen LogP contribution is -1.89. The third-order valence-corrected chi connectivity index (χ3v) is 2.09. The molecular weight excluding hydrogens is 156 g/mol. The summed E-state index contributed by atoms with van der Waals surface area (Å²) in [5.74, 6) is 0. The molecule has 0 aliphatic heterocycles. The first kappa shape index (κ1) is 8.61. The fourth-order valence-electron chi connectivity index (χ4n) is 1.27. The van der Waals surface area contributed by atoms with Gasteiger partial charge in [0.1, 0.15) is 0 Å². The molecule has 1 aromatic rings. The van der Waals surface area contributed by atoms with Crippen LogP contribution in [0.25, 0.3) is 0 Å². The third-order valence-electron chi connectivity index (χ3n) is 1.85. The van der Waals surface area contributed by atoms with Crippen LogP contribution >= 0.6 is 11.6 Å². The highest BCUT2D eigenvalue weighted by molar-refractivity contribution is 6.20. The molecule has 0 bridgehead atoms. The Kier molecular flexibility index (Phi) is 2.56. The number of benzene rings is 1. The van der Waals surface area contributed by atoms with Crippen LogP contribution in [0.3, 0.4) is 0 Å². The Labute approximate surface area is 73.2 Å². The molecule has 1 unspecified atom stereocenters. The summed E-state index contributed by atoms with van der Waals surface area (Å²) in [6, 6.07) is 6.36. The number of rotatable bonds is 1. The summed E-state index contributed by atoms with van der Waals surface area (Å²) in [6.07, 6.45) is 0. The van der Waals surface area contributed by atoms with Crippen molar-refractivity contribution in [1.82, 2.24) is 0 Å². The zero-order valence-corrected chi connectivity index (χ0v) is 7.94. The average molecular weight is 169 g/mol. The van der Waals surface area contributed by atoms with Crippen LogP contribution in [0.15, 0.2) is 18.2 Å². The molecule has 0 fully saturated rings. The normalized spacial score (nSPS) is 13.1. The van der Waals surface area contributed by atoms with Crippen LogP contribution in [0.1, 0.15) is 29.0 Å². The molecule has 1 aromatic carbocycles. The maximum Gasteiger partial charge on any atom is 0.0559 e. The Balaban J connectivity index is 3.09. The monoisotopic (exact) mass is 168 g/mol. The molecule has 0 N–H and O–H groups in total. The van der Waals surface area contributed by atoms with Gasteiger partial charge in [0.25, 0.3) is 0 Å². The van der Waals surface area contributed by atoms with E-state index < -0.39 is 0 Å². The summed E-state index contributed by atoms with van der Waals surface area (Å²) < 4.78 is 0. The Morgan fingerprint density at radius 2 is 1.91 bits per heavy atom. The van der Waals surface area contributed by atoms with E-state index in [9.17, 15) is 0 Å². The van der Waals surface area contributed by atoms with E-state index in [0.717, 1.165) is 0 Å². The fourth-order valence-corrected chi connectivity index (χ4v) is 1.52. The number of halogens is 1. The van der Waals surface area contributed by atoms with Gasteiger partial charge in [0.2, 0.25) is 0 Å². The summed E-state index contributed by atoms with van der Waals surface area (Å²) in [6.45, 7) is 6.19. The summed E-state index contributed by atoms with van der Waals surface area (Å²) >= 11 is 5.96. The highest BCUT2D eigenvalue weighted by Gasteiger charge is 2.03. The lowest BCUT2D eigenvalue weighted by Gasteiger charge is -2.07. The standard InChI is InChI=1S/C10H13Cl/c1-7-4-5-10(9(3)11)8(2)6-7/h4-6,9H,1-3H3. The molecule has 1 rings (SSSR count). The topological polar surface area (TPSA) is 0 Å². The smallest absolute Gasteiger partial charge is 0.0559 e. The van der Waals surface area contributed by atoms with Crippen LogP contribution in [0, 0.1) is 13.8 Å². The highest BCUT2D eigenvalue weighted by atomic mass is 35.5. The minimum absolute atomic E-state index is 0.121. The molecule has 60 valence electrons. The lowest BCUT2D eigenvalue weighted by molar-refractivity contribution is 1.06. The van der Waals surface area contributed by atoms with E-state index in [1.165, 1.54) is 16.7 Å². The van der Waals surface area contributed by atoms with Gasteiger partial charge in [0, 0.05) is 0 Å². The number of alkyl halides is 1. The summed E-state index contributed by atoms with van der Waals surface area (Å²) in [5, 5.41) is 0.121. The van der Waals surface area contributed by atoms with E-state index in [1.807, 2.05) is 6.92 Å². The van der Waals surface area contributed by atoms with Gasteiger partial charge >= 0.3 is 0 Å². The lowest BCUT2D eigenvalue weighted by atomic mass is 10.0. The van der Waals surface area contributed by atoms with Crippen LogP contribution in [0.4, 0.5) is 0 Å². The predicted molar refractivity (Wildman–Crippen MR) is 50.2 cm³/mol. The minimum atomic E-state index is 0.121. The Hall–Kier alpha value is -0.490. The van der Waals surface area contributed by atoms with Crippen molar-refractivity contribution in [2.45, 2.75) is 26.1 Å². The SMILES string of the molecule is Cc1ccc(C(C)Cl)c(C)c1. The Bertz CT molecular complexity index is 251. The average Bonchev–Trinajstić information content (AvgIpc) is 1.85. The van der Waals surface area contributed by atoms with Gasteiger partial charge in [-0.05, 0) is 31.9 Å². The van der Waals surface area contributed by atoms with Crippen LogP contribution in [-0.2, 0) is 0 Å². The molecule has 0 aromatic heterocycles. The molecule has 0 heterocycles. The Morgan fingerprint density at radius 3 is 2.36 bits per heavy atom. The number of aryl methyl sites for hydroxylation is 2. The molecule has 11 heavy (non-hydrogen) atoms. The molecule has 0 saturated heterocycles. The second-order valence-electron chi connectivity index (χ2n) is 2.98. The molecule has 0 amide bonds. The van der Waals surface area contributed by atoms with Gasteiger partial charge in [0.15, 0.2) is 0 Å². The molecule has 0 radical (unpaired) electrons. The van der Waals surface area contributed by atoms with Crippen LogP contribution in [0.5, 0.6) is 0 Å². The highest BCUT2D eigenvalue weighted by Crippen LogP contribution is 2.23. The third kappa shape index (κ3) is 1.97. The van der Waals surface area contributed by atoms with Crippen molar-refractivity contribution in [3.63, 3.8) is 0 Å². The van der Waals surface area contributed by atoms with E-state index in [2.05, 4.69) is 32.0 Å². The van der Waals surface area contributed by atoms with Crippen molar-refractivity contribution >= 4 is 11.6 Å². The van der Waals surface area contributed by atoms with Gasteiger partial charge in [-0.15, -0.1) is 11.6 Å². The first-order valence-corrected chi connectivity index (χ1v) is 4.26. The number of hydrogen-bond donors (Lipinski definition) is 0. The van der Waals surface area contributed by atoms with Gasteiger partial charge in [-0.3, -0.25) is 0 Å². The van der Waals surface area contributed by atoms with E-state index in [0.29, 0.717) is 0 Å². The van der Waals surface area contributed by atoms with Crippen molar-refractivity contribution in [1.29, 1.82) is 0 Å². The van der Waals surface area contributed by atoms with Gasteiger partial charge in [-0.25, -0.2) is 0 Å². The molecule has 0 nitrogen and oxygen atoms in total. The quantitative estimate of drug-likeness (QED) is 0.562. The summed E-state index contributed by atoms with van der Waals surface area (Å²) in [4.78, 5) is 0. The molecule has 0 aliphatic rings.